The molecule has 1 unspecified atom stereocenters. The van der Waals surface area contributed by atoms with Gasteiger partial charge in [0.1, 0.15) is 0 Å². The monoisotopic (exact) mass is 304 g/mol. The third kappa shape index (κ3) is 2.34. The smallest absolute Gasteiger partial charge is 0.343 e. The van der Waals surface area contributed by atoms with E-state index in [-0.39, 0.29) is 31.8 Å². The molecule has 6 heteroatoms. The highest BCUT2D eigenvalue weighted by atomic mass is 19.1. The Hall–Kier alpha value is -2.37. The molecule has 0 radical (unpaired) electrons. The molecule has 22 heavy (non-hydrogen) atoms. The van der Waals surface area contributed by atoms with Gasteiger partial charge in [0.25, 0.3) is 0 Å². The number of nitrogens with zero attached hydrogens (tertiary/aromatic N) is 1. The van der Waals surface area contributed by atoms with Crippen molar-refractivity contribution in [3.05, 3.63) is 35.5 Å². The zero-order chi connectivity index (χ0) is 15.9. The molecule has 116 valence electrons. The molecule has 1 amide bonds. The zero-order valence-electron chi connectivity index (χ0n) is 12.2. The fourth-order valence-corrected chi connectivity index (χ4v) is 2.95. The minimum atomic E-state index is -2.31. The number of carboxylic acid groups (broad SMARTS) is 1. The van der Waals surface area contributed by atoms with Gasteiger partial charge in [-0.15, -0.1) is 0 Å². The molecule has 2 heterocycles. The largest absolute Gasteiger partial charge is 0.479 e. The molecular formula is C16H17FN2O3. The molecule has 0 bridgehead atoms. The molecule has 2 N–H and O–H groups in total. The maximum atomic E-state index is 14.0. The molecule has 1 aliphatic heterocycles. The summed E-state index contributed by atoms with van der Waals surface area (Å²) < 4.78 is 14.0. The molecule has 1 aliphatic rings. The summed E-state index contributed by atoms with van der Waals surface area (Å²) in [4.78, 5) is 27.6. The number of fused-ring (bicyclic) bond motifs is 1. The van der Waals surface area contributed by atoms with Crippen LogP contribution in [0.1, 0.15) is 17.5 Å². The average molecular weight is 304 g/mol. The van der Waals surface area contributed by atoms with Gasteiger partial charge in [0.15, 0.2) is 0 Å². The number of amides is 1. The lowest BCUT2D eigenvalue weighted by Gasteiger charge is -2.17. The number of carbonyl (C=O) groups is 2. The van der Waals surface area contributed by atoms with E-state index >= 15 is 0 Å². The van der Waals surface area contributed by atoms with E-state index in [1.54, 1.807) is 6.20 Å². The lowest BCUT2D eigenvalue weighted by molar-refractivity contribution is -0.150. The van der Waals surface area contributed by atoms with E-state index in [1.165, 1.54) is 4.90 Å². The van der Waals surface area contributed by atoms with Crippen LogP contribution in [0.3, 0.4) is 0 Å². The molecule has 3 rings (SSSR count). The number of aliphatic carboxylic acids is 1. The number of alkyl halides is 1. The number of aryl methyl sites for hydroxylation is 1. The van der Waals surface area contributed by atoms with E-state index in [2.05, 4.69) is 4.98 Å². The summed E-state index contributed by atoms with van der Waals surface area (Å²) in [6.07, 6.45) is 1.77. The van der Waals surface area contributed by atoms with Crippen LogP contribution in [0.2, 0.25) is 0 Å². The highest BCUT2D eigenvalue weighted by Crippen LogP contribution is 2.27. The first kappa shape index (κ1) is 14.6. The van der Waals surface area contributed by atoms with Crippen LogP contribution in [0.15, 0.2) is 24.4 Å². The molecule has 1 atom stereocenters. The van der Waals surface area contributed by atoms with Crippen molar-refractivity contribution >= 4 is 22.8 Å². The number of hydrogen-bond acceptors (Lipinski definition) is 2. The lowest BCUT2D eigenvalue weighted by atomic mass is 10.1. The van der Waals surface area contributed by atoms with Crippen molar-refractivity contribution in [3.8, 4) is 0 Å². The first-order valence-electron chi connectivity index (χ1n) is 7.16. The Labute approximate surface area is 126 Å². The number of nitrogens with one attached hydrogen (secondary N) is 1. The van der Waals surface area contributed by atoms with Crippen molar-refractivity contribution in [2.24, 2.45) is 0 Å². The lowest BCUT2D eigenvalue weighted by Crippen LogP contribution is -2.39. The average Bonchev–Trinajstić information content (AvgIpc) is 3.05. The molecular weight excluding hydrogens is 287 g/mol. The first-order chi connectivity index (χ1) is 10.4. The molecule has 1 aromatic heterocycles. The van der Waals surface area contributed by atoms with Gasteiger partial charge in [-0.05, 0) is 18.1 Å². The molecule has 1 fully saturated rings. The highest BCUT2D eigenvalue weighted by Gasteiger charge is 2.46. The fraction of sp³-hybridized carbons (Fsp3) is 0.375. The molecule has 5 nitrogen and oxygen atoms in total. The SMILES string of the molecule is Cc1cccc2c(CC(=O)N3CCC(F)(C(=O)O)C3)c[nH]c12. The van der Waals surface area contributed by atoms with E-state index in [4.69, 9.17) is 5.11 Å². The Balaban J connectivity index is 1.77. The molecule has 1 aromatic carbocycles. The summed E-state index contributed by atoms with van der Waals surface area (Å²) in [6, 6.07) is 5.84. The van der Waals surface area contributed by atoms with Gasteiger partial charge in [-0.2, -0.15) is 0 Å². The van der Waals surface area contributed by atoms with Crippen molar-refractivity contribution in [2.45, 2.75) is 25.4 Å². The summed E-state index contributed by atoms with van der Waals surface area (Å²) in [7, 11) is 0. The Morgan fingerprint density at radius 1 is 1.45 bits per heavy atom. The van der Waals surface area contributed by atoms with Gasteiger partial charge in [-0.1, -0.05) is 18.2 Å². The second kappa shape index (κ2) is 5.12. The van der Waals surface area contributed by atoms with Crippen LogP contribution in [0, 0.1) is 6.92 Å². The predicted octanol–water partition coefficient (Wildman–Crippen LogP) is 2.04. The van der Waals surface area contributed by atoms with Gasteiger partial charge in [0.2, 0.25) is 11.6 Å². The number of aromatic amines is 1. The van der Waals surface area contributed by atoms with Crippen molar-refractivity contribution in [2.75, 3.05) is 13.1 Å². The molecule has 0 spiro atoms. The summed E-state index contributed by atoms with van der Waals surface area (Å²) in [6.45, 7) is 1.75. The van der Waals surface area contributed by atoms with Crippen LogP contribution in [-0.2, 0) is 16.0 Å². The van der Waals surface area contributed by atoms with Gasteiger partial charge in [-0.3, -0.25) is 4.79 Å². The van der Waals surface area contributed by atoms with Gasteiger partial charge in [0, 0.05) is 30.1 Å². The second-order valence-corrected chi connectivity index (χ2v) is 5.82. The number of aromatic nitrogens is 1. The standard InChI is InChI=1S/C16H17FN2O3/c1-10-3-2-4-12-11(8-18-14(10)12)7-13(20)19-6-5-16(17,9-19)15(21)22/h2-4,8,18H,5-7,9H2,1H3,(H,21,22). The number of carbonyl (C=O) groups excluding carboxylic acids is 1. The topological polar surface area (TPSA) is 73.4 Å². The summed E-state index contributed by atoms with van der Waals surface area (Å²) in [5.41, 5.74) is 0.602. The van der Waals surface area contributed by atoms with Crippen molar-refractivity contribution in [1.82, 2.24) is 9.88 Å². The predicted molar refractivity (Wildman–Crippen MR) is 79.4 cm³/mol. The number of carboxylic acids is 1. The van der Waals surface area contributed by atoms with Crippen LogP contribution < -0.4 is 0 Å². The van der Waals surface area contributed by atoms with Crippen molar-refractivity contribution in [1.29, 1.82) is 0 Å². The van der Waals surface area contributed by atoms with Gasteiger partial charge < -0.3 is 15.0 Å². The maximum absolute atomic E-state index is 14.0. The minimum absolute atomic E-state index is 0.138. The minimum Gasteiger partial charge on any atom is -0.479 e. The number of likely N-dealkylation sites (tertiary alicyclic amines) is 1. The fourth-order valence-electron chi connectivity index (χ4n) is 2.95. The van der Waals surface area contributed by atoms with E-state index in [1.807, 2.05) is 25.1 Å². The zero-order valence-corrected chi connectivity index (χ0v) is 12.2. The highest BCUT2D eigenvalue weighted by molar-refractivity contribution is 5.91. The number of para-hydroxylation sites is 1. The van der Waals surface area contributed by atoms with Crippen LogP contribution in [0.5, 0.6) is 0 Å². The quantitative estimate of drug-likeness (QED) is 0.911. The first-order valence-corrected chi connectivity index (χ1v) is 7.16. The van der Waals surface area contributed by atoms with Crippen LogP contribution in [0.4, 0.5) is 4.39 Å². The van der Waals surface area contributed by atoms with E-state index in [0.29, 0.717) is 0 Å². The Morgan fingerprint density at radius 2 is 2.23 bits per heavy atom. The molecule has 1 saturated heterocycles. The third-order valence-electron chi connectivity index (χ3n) is 4.31. The number of rotatable bonds is 3. The molecule has 0 aliphatic carbocycles. The van der Waals surface area contributed by atoms with Crippen molar-refractivity contribution < 1.29 is 19.1 Å². The Morgan fingerprint density at radius 3 is 2.91 bits per heavy atom. The maximum Gasteiger partial charge on any atom is 0.343 e. The number of hydrogen-bond donors (Lipinski definition) is 2. The number of H-pyrrole nitrogens is 1. The second-order valence-electron chi connectivity index (χ2n) is 5.82. The van der Waals surface area contributed by atoms with Crippen molar-refractivity contribution in [3.63, 3.8) is 0 Å². The molecule has 0 saturated carbocycles. The van der Waals surface area contributed by atoms with Gasteiger partial charge in [-0.25, -0.2) is 9.18 Å². The summed E-state index contributed by atoms with van der Waals surface area (Å²) in [5.74, 6) is -1.74. The molecule has 2 aromatic rings. The van der Waals surface area contributed by atoms with E-state index < -0.39 is 11.6 Å². The van der Waals surface area contributed by atoms with Gasteiger partial charge >= 0.3 is 5.97 Å². The van der Waals surface area contributed by atoms with E-state index in [9.17, 15) is 14.0 Å². The van der Waals surface area contributed by atoms with E-state index in [0.717, 1.165) is 22.0 Å². The Bertz CT molecular complexity index is 755. The third-order valence-corrected chi connectivity index (χ3v) is 4.31. The van der Waals surface area contributed by atoms with Crippen LogP contribution in [-0.4, -0.2) is 45.6 Å². The summed E-state index contributed by atoms with van der Waals surface area (Å²) in [5, 5.41) is 9.85. The number of benzene rings is 1. The Kier molecular flexibility index (Phi) is 3.39. The summed E-state index contributed by atoms with van der Waals surface area (Å²) >= 11 is 0. The van der Waals surface area contributed by atoms with Crippen LogP contribution in [0.25, 0.3) is 10.9 Å². The number of halogens is 1. The normalized spacial score (nSPS) is 21.5. The van der Waals surface area contributed by atoms with Gasteiger partial charge in [0.05, 0.1) is 13.0 Å². The van der Waals surface area contributed by atoms with Crippen LogP contribution >= 0.6 is 0 Å².